The minimum Gasteiger partial charge on any atom is -0.383 e. The van der Waals surface area contributed by atoms with E-state index in [1.54, 1.807) is 7.11 Å². The fourth-order valence-corrected chi connectivity index (χ4v) is 2.11. The summed E-state index contributed by atoms with van der Waals surface area (Å²) in [4.78, 5) is 25.7. The Morgan fingerprint density at radius 1 is 1.47 bits per heavy atom. The van der Waals surface area contributed by atoms with E-state index < -0.39 is 11.2 Å². The number of nitrogens with one attached hydrogen (secondary N) is 2. The summed E-state index contributed by atoms with van der Waals surface area (Å²) >= 11 is 0. The number of nitrogens with two attached hydrogens (primary N) is 1. The van der Waals surface area contributed by atoms with Crippen molar-refractivity contribution in [3.8, 4) is 0 Å². The molecule has 1 aromatic heterocycles. The average molecular weight is 268 g/mol. The van der Waals surface area contributed by atoms with E-state index in [4.69, 9.17) is 10.5 Å². The van der Waals surface area contributed by atoms with Crippen LogP contribution in [-0.2, 0) is 11.3 Å². The van der Waals surface area contributed by atoms with Crippen molar-refractivity contribution < 1.29 is 4.74 Å². The Labute approximate surface area is 110 Å². The topological polar surface area (TPSA) is 102 Å². The third-order valence-electron chi connectivity index (χ3n) is 3.55. The van der Waals surface area contributed by atoms with Crippen molar-refractivity contribution in [2.24, 2.45) is 5.92 Å². The molecule has 0 unspecified atom stereocenters. The average Bonchev–Trinajstić information content (AvgIpc) is 2.30. The highest BCUT2D eigenvalue weighted by atomic mass is 16.5. The van der Waals surface area contributed by atoms with Crippen molar-refractivity contribution in [2.75, 3.05) is 31.3 Å². The van der Waals surface area contributed by atoms with E-state index in [1.807, 2.05) is 0 Å². The van der Waals surface area contributed by atoms with Crippen molar-refractivity contribution >= 4 is 11.5 Å². The maximum atomic E-state index is 11.8. The summed E-state index contributed by atoms with van der Waals surface area (Å²) in [6, 6.07) is 0. The van der Waals surface area contributed by atoms with Gasteiger partial charge in [-0.05, 0) is 18.8 Å². The van der Waals surface area contributed by atoms with Crippen LogP contribution in [0.15, 0.2) is 9.59 Å². The number of anilines is 2. The van der Waals surface area contributed by atoms with Crippen LogP contribution in [0.4, 0.5) is 11.5 Å². The van der Waals surface area contributed by atoms with E-state index in [0.29, 0.717) is 19.1 Å². The monoisotopic (exact) mass is 268 g/mol. The first-order valence-corrected chi connectivity index (χ1v) is 6.49. The SMILES string of the molecule is COCCn1c(N)c(NCC2CCC2)c(=O)[nH]c1=O. The summed E-state index contributed by atoms with van der Waals surface area (Å²) in [6.45, 7) is 1.39. The van der Waals surface area contributed by atoms with Gasteiger partial charge in [-0.25, -0.2) is 4.79 Å². The number of nitrogens with zero attached hydrogens (tertiary/aromatic N) is 1. The molecule has 0 atom stereocenters. The zero-order valence-corrected chi connectivity index (χ0v) is 11.1. The lowest BCUT2D eigenvalue weighted by Gasteiger charge is -2.26. The summed E-state index contributed by atoms with van der Waals surface area (Å²) in [5.41, 5.74) is 5.21. The Hall–Kier alpha value is -1.76. The fourth-order valence-electron chi connectivity index (χ4n) is 2.11. The van der Waals surface area contributed by atoms with Crippen LogP contribution in [0.1, 0.15) is 19.3 Å². The van der Waals surface area contributed by atoms with Gasteiger partial charge in [-0.1, -0.05) is 6.42 Å². The molecule has 0 saturated heterocycles. The summed E-state index contributed by atoms with van der Waals surface area (Å²) in [6.07, 6.45) is 3.59. The lowest BCUT2D eigenvalue weighted by atomic mass is 9.85. The smallest absolute Gasteiger partial charge is 0.330 e. The number of nitrogen functional groups attached to an aromatic ring is 1. The van der Waals surface area contributed by atoms with Gasteiger partial charge in [0.15, 0.2) is 0 Å². The van der Waals surface area contributed by atoms with E-state index in [1.165, 1.54) is 23.8 Å². The minimum absolute atomic E-state index is 0.171. The molecule has 1 aliphatic rings. The molecule has 1 heterocycles. The number of aromatic amines is 1. The quantitative estimate of drug-likeness (QED) is 0.673. The molecule has 1 aliphatic carbocycles. The molecule has 106 valence electrons. The van der Waals surface area contributed by atoms with Gasteiger partial charge in [0, 0.05) is 13.7 Å². The van der Waals surface area contributed by atoms with Crippen LogP contribution in [0.2, 0.25) is 0 Å². The molecular weight excluding hydrogens is 248 g/mol. The van der Waals surface area contributed by atoms with Gasteiger partial charge in [-0.3, -0.25) is 14.3 Å². The second kappa shape index (κ2) is 5.92. The predicted octanol–water partition coefficient (Wildman–Crippen LogP) is -0.0228. The third-order valence-corrected chi connectivity index (χ3v) is 3.55. The summed E-state index contributed by atoms with van der Waals surface area (Å²) in [5, 5.41) is 3.06. The van der Waals surface area contributed by atoms with Crippen molar-refractivity contribution in [1.29, 1.82) is 0 Å². The molecular formula is C12H20N4O3. The number of methoxy groups -OCH3 is 1. The molecule has 0 spiro atoms. The maximum absolute atomic E-state index is 11.8. The maximum Gasteiger partial charge on any atom is 0.330 e. The van der Waals surface area contributed by atoms with Gasteiger partial charge in [-0.2, -0.15) is 0 Å². The number of H-pyrrole nitrogens is 1. The fraction of sp³-hybridized carbons (Fsp3) is 0.667. The highest BCUT2D eigenvalue weighted by Crippen LogP contribution is 2.26. The zero-order valence-electron chi connectivity index (χ0n) is 11.1. The van der Waals surface area contributed by atoms with Gasteiger partial charge in [0.25, 0.3) is 5.56 Å². The number of rotatable bonds is 6. The Morgan fingerprint density at radius 2 is 2.21 bits per heavy atom. The highest BCUT2D eigenvalue weighted by Gasteiger charge is 2.19. The second-order valence-electron chi connectivity index (χ2n) is 4.84. The summed E-state index contributed by atoms with van der Waals surface area (Å²) in [5.74, 6) is 0.767. The standard InChI is InChI=1S/C12H20N4O3/c1-19-6-5-16-10(13)9(11(17)15-12(16)18)14-7-8-3-2-4-8/h8,14H,2-7,13H2,1H3,(H,15,17,18). The van der Waals surface area contributed by atoms with Crippen LogP contribution in [0.5, 0.6) is 0 Å². The molecule has 19 heavy (non-hydrogen) atoms. The lowest BCUT2D eigenvalue weighted by molar-refractivity contribution is 0.186. The summed E-state index contributed by atoms with van der Waals surface area (Å²) in [7, 11) is 1.54. The first-order valence-electron chi connectivity index (χ1n) is 6.49. The molecule has 1 aromatic rings. The van der Waals surface area contributed by atoms with Crippen molar-refractivity contribution in [3.63, 3.8) is 0 Å². The predicted molar refractivity (Wildman–Crippen MR) is 73.4 cm³/mol. The molecule has 2 rings (SSSR count). The van der Waals surface area contributed by atoms with Crippen LogP contribution in [0.3, 0.4) is 0 Å². The molecule has 4 N–H and O–H groups in total. The molecule has 0 bridgehead atoms. The highest BCUT2D eigenvalue weighted by molar-refractivity contribution is 5.60. The van der Waals surface area contributed by atoms with Crippen LogP contribution in [-0.4, -0.2) is 29.8 Å². The van der Waals surface area contributed by atoms with Gasteiger partial charge in [0.05, 0.1) is 13.2 Å². The molecule has 7 nitrogen and oxygen atoms in total. The van der Waals surface area contributed by atoms with Crippen molar-refractivity contribution in [3.05, 3.63) is 20.8 Å². The molecule has 1 saturated carbocycles. The zero-order chi connectivity index (χ0) is 13.8. The number of hydrogen-bond donors (Lipinski definition) is 3. The molecule has 0 amide bonds. The Bertz CT molecular complexity index is 545. The number of hydrogen-bond acceptors (Lipinski definition) is 5. The van der Waals surface area contributed by atoms with E-state index in [2.05, 4.69) is 10.3 Å². The molecule has 0 aromatic carbocycles. The van der Waals surface area contributed by atoms with Gasteiger partial charge < -0.3 is 15.8 Å². The van der Waals surface area contributed by atoms with E-state index in [-0.39, 0.29) is 11.5 Å². The second-order valence-corrected chi connectivity index (χ2v) is 4.84. The van der Waals surface area contributed by atoms with E-state index >= 15 is 0 Å². The lowest BCUT2D eigenvalue weighted by Crippen LogP contribution is -2.36. The molecule has 0 radical (unpaired) electrons. The Morgan fingerprint density at radius 3 is 2.79 bits per heavy atom. The normalized spacial score (nSPS) is 15.2. The first-order chi connectivity index (χ1) is 9.13. The van der Waals surface area contributed by atoms with Gasteiger partial charge in [0.2, 0.25) is 0 Å². The molecule has 7 heteroatoms. The Balaban J connectivity index is 2.20. The van der Waals surface area contributed by atoms with Crippen LogP contribution in [0, 0.1) is 5.92 Å². The van der Waals surface area contributed by atoms with E-state index in [9.17, 15) is 9.59 Å². The van der Waals surface area contributed by atoms with Crippen molar-refractivity contribution in [2.45, 2.75) is 25.8 Å². The van der Waals surface area contributed by atoms with Crippen LogP contribution < -0.4 is 22.3 Å². The number of ether oxygens (including phenoxy) is 1. The van der Waals surface area contributed by atoms with Gasteiger partial charge >= 0.3 is 5.69 Å². The molecule has 1 fully saturated rings. The summed E-state index contributed by atoms with van der Waals surface area (Å²) < 4.78 is 6.24. The first kappa shape index (κ1) is 13.7. The van der Waals surface area contributed by atoms with E-state index in [0.717, 1.165) is 6.54 Å². The van der Waals surface area contributed by atoms with Crippen LogP contribution >= 0.6 is 0 Å². The largest absolute Gasteiger partial charge is 0.383 e. The minimum atomic E-state index is -0.506. The van der Waals surface area contributed by atoms with Crippen LogP contribution in [0.25, 0.3) is 0 Å². The Kier molecular flexibility index (Phi) is 4.26. The third kappa shape index (κ3) is 2.98. The number of aromatic nitrogens is 2. The van der Waals surface area contributed by atoms with Crippen molar-refractivity contribution in [1.82, 2.24) is 9.55 Å². The molecule has 0 aliphatic heterocycles. The van der Waals surface area contributed by atoms with Gasteiger partial charge in [-0.15, -0.1) is 0 Å². The van der Waals surface area contributed by atoms with Gasteiger partial charge in [0.1, 0.15) is 11.5 Å².